The van der Waals surface area contributed by atoms with E-state index in [0.717, 1.165) is 0 Å². The van der Waals surface area contributed by atoms with E-state index in [1.807, 2.05) is 0 Å². The van der Waals surface area contributed by atoms with Crippen molar-refractivity contribution >= 4 is 28.2 Å². The third-order valence-corrected chi connectivity index (χ3v) is 4.89. The molecule has 2 rings (SSSR count). The minimum Gasteiger partial charge on any atom is -0.486 e. The lowest BCUT2D eigenvalue weighted by Crippen LogP contribution is -2.27. The molecule has 0 radical (unpaired) electrons. The quantitative estimate of drug-likeness (QED) is 0.682. The first kappa shape index (κ1) is 19.5. The number of sulfone groups is 1. The maximum Gasteiger partial charge on any atom is 0.221 e. The van der Waals surface area contributed by atoms with Crippen LogP contribution in [0.25, 0.3) is 0 Å². The zero-order valence-corrected chi connectivity index (χ0v) is 14.2. The van der Waals surface area contributed by atoms with E-state index in [-0.39, 0.29) is 35.4 Å². The van der Waals surface area contributed by atoms with Gasteiger partial charge in [-0.2, -0.15) is 0 Å². The lowest BCUT2D eigenvalue weighted by molar-refractivity contribution is -0.120. The molecular weight excluding hydrogens is 344 g/mol. The number of fused-ring (bicyclic) bond motifs is 1. The molecule has 3 N–H and O–H groups in total. The molecule has 0 aliphatic carbocycles. The van der Waals surface area contributed by atoms with Gasteiger partial charge in [-0.25, -0.2) is 8.42 Å². The molecule has 1 aliphatic rings. The molecule has 1 aliphatic heterocycles. The molecule has 0 fully saturated rings. The van der Waals surface area contributed by atoms with Crippen LogP contribution < -0.4 is 20.5 Å². The van der Waals surface area contributed by atoms with Crippen molar-refractivity contribution in [2.45, 2.75) is 17.7 Å². The number of hydrogen-bond donors (Lipinski definition) is 2. The summed E-state index contributed by atoms with van der Waals surface area (Å²) < 4.78 is 35.2. The Morgan fingerprint density at radius 1 is 1.22 bits per heavy atom. The van der Waals surface area contributed by atoms with Crippen LogP contribution >= 0.6 is 12.4 Å². The molecule has 1 amide bonds. The van der Waals surface area contributed by atoms with Crippen molar-refractivity contribution in [2.75, 3.05) is 32.1 Å². The van der Waals surface area contributed by atoms with E-state index in [1.165, 1.54) is 12.1 Å². The molecule has 0 bridgehead atoms. The summed E-state index contributed by atoms with van der Waals surface area (Å²) >= 11 is 0. The van der Waals surface area contributed by atoms with Gasteiger partial charge in [-0.3, -0.25) is 4.79 Å². The second-order valence-corrected chi connectivity index (χ2v) is 6.98. The third kappa shape index (κ3) is 5.56. The summed E-state index contributed by atoms with van der Waals surface area (Å²) in [6.45, 7) is 1.78. The highest BCUT2D eigenvalue weighted by atomic mass is 35.5. The Morgan fingerprint density at radius 2 is 1.91 bits per heavy atom. The molecule has 1 aromatic carbocycles. The molecular formula is C14H21ClN2O5S. The lowest BCUT2D eigenvalue weighted by atomic mass is 10.3. The molecule has 0 aromatic heterocycles. The van der Waals surface area contributed by atoms with E-state index in [4.69, 9.17) is 15.2 Å². The van der Waals surface area contributed by atoms with Crippen molar-refractivity contribution in [3.63, 3.8) is 0 Å². The van der Waals surface area contributed by atoms with Crippen LogP contribution in [0.1, 0.15) is 12.8 Å². The Labute approximate surface area is 141 Å². The second-order valence-electron chi connectivity index (χ2n) is 4.87. The fraction of sp³-hybridized carbons (Fsp3) is 0.500. The SMILES string of the molecule is Cl.NCCCNC(=O)CCS(=O)(=O)c1ccc2c(c1)OCCO2. The summed E-state index contributed by atoms with van der Waals surface area (Å²) in [7, 11) is -3.54. The molecule has 7 nitrogen and oxygen atoms in total. The van der Waals surface area contributed by atoms with Gasteiger partial charge in [-0.15, -0.1) is 12.4 Å². The predicted octanol–water partition coefficient (Wildman–Crippen LogP) is 0.508. The standard InChI is InChI=1S/C14H20N2O5S.ClH/c15-5-1-6-16-14(17)4-9-22(18,19)11-2-3-12-13(10-11)21-8-7-20-12;/h2-3,10H,1,4-9,15H2,(H,16,17);1H. The number of hydrogen-bond acceptors (Lipinski definition) is 6. The van der Waals surface area contributed by atoms with Crippen molar-refractivity contribution in [3.05, 3.63) is 18.2 Å². The van der Waals surface area contributed by atoms with Crippen LogP contribution in [0, 0.1) is 0 Å². The summed E-state index contributed by atoms with van der Waals surface area (Å²) in [5.74, 6) is 0.403. The maximum atomic E-state index is 12.3. The van der Waals surface area contributed by atoms with Crippen molar-refractivity contribution in [1.29, 1.82) is 0 Å². The Balaban J connectivity index is 0.00000264. The van der Waals surface area contributed by atoms with Gasteiger partial charge in [-0.1, -0.05) is 0 Å². The summed E-state index contributed by atoms with van der Waals surface area (Å²) in [4.78, 5) is 11.7. The monoisotopic (exact) mass is 364 g/mol. The summed E-state index contributed by atoms with van der Waals surface area (Å²) in [5.41, 5.74) is 5.32. The number of carbonyl (C=O) groups excluding carboxylic acids is 1. The topological polar surface area (TPSA) is 108 Å². The molecule has 1 heterocycles. The van der Waals surface area contributed by atoms with E-state index in [1.54, 1.807) is 6.07 Å². The summed E-state index contributed by atoms with van der Waals surface area (Å²) in [6.07, 6.45) is 0.585. The van der Waals surface area contributed by atoms with Crippen molar-refractivity contribution < 1.29 is 22.7 Å². The number of nitrogens with two attached hydrogens (primary N) is 1. The third-order valence-electron chi connectivity index (χ3n) is 3.17. The normalized spacial score (nSPS) is 13.1. The molecule has 0 atom stereocenters. The minimum absolute atomic E-state index is 0. The van der Waals surface area contributed by atoms with E-state index in [9.17, 15) is 13.2 Å². The van der Waals surface area contributed by atoms with Gasteiger partial charge in [0.05, 0.1) is 10.6 Å². The van der Waals surface area contributed by atoms with Crippen LogP contribution in [-0.2, 0) is 14.6 Å². The van der Waals surface area contributed by atoms with Crippen LogP contribution in [0.3, 0.4) is 0 Å². The van der Waals surface area contributed by atoms with Crippen molar-refractivity contribution in [1.82, 2.24) is 5.32 Å². The average molecular weight is 365 g/mol. The van der Waals surface area contributed by atoms with Gasteiger partial charge < -0.3 is 20.5 Å². The maximum absolute atomic E-state index is 12.3. The highest BCUT2D eigenvalue weighted by Gasteiger charge is 2.20. The number of carbonyl (C=O) groups is 1. The van der Waals surface area contributed by atoms with Gasteiger partial charge in [-0.05, 0) is 25.1 Å². The van der Waals surface area contributed by atoms with E-state index in [0.29, 0.717) is 44.2 Å². The van der Waals surface area contributed by atoms with Gasteiger partial charge in [0.25, 0.3) is 0 Å². The fourth-order valence-corrected chi connectivity index (χ4v) is 3.23. The van der Waals surface area contributed by atoms with Gasteiger partial charge >= 0.3 is 0 Å². The van der Waals surface area contributed by atoms with Crippen LogP contribution in [0.4, 0.5) is 0 Å². The molecule has 23 heavy (non-hydrogen) atoms. The smallest absolute Gasteiger partial charge is 0.221 e. The summed E-state index contributed by atoms with van der Waals surface area (Å²) in [6, 6.07) is 4.48. The first-order valence-electron chi connectivity index (χ1n) is 7.12. The molecule has 0 unspecified atom stereocenters. The Hall–Kier alpha value is -1.51. The largest absolute Gasteiger partial charge is 0.486 e. The fourth-order valence-electron chi connectivity index (χ4n) is 1.98. The molecule has 9 heteroatoms. The van der Waals surface area contributed by atoms with Gasteiger partial charge in [0.15, 0.2) is 21.3 Å². The predicted molar refractivity (Wildman–Crippen MR) is 88.0 cm³/mol. The van der Waals surface area contributed by atoms with Gasteiger partial charge in [0.2, 0.25) is 5.91 Å². The minimum atomic E-state index is -3.54. The highest BCUT2D eigenvalue weighted by Crippen LogP contribution is 2.32. The Morgan fingerprint density at radius 3 is 2.61 bits per heavy atom. The first-order valence-corrected chi connectivity index (χ1v) is 8.77. The second kappa shape index (κ2) is 8.95. The summed E-state index contributed by atoms with van der Waals surface area (Å²) in [5, 5.41) is 2.63. The van der Waals surface area contributed by atoms with Gasteiger partial charge in [0.1, 0.15) is 13.2 Å². The Kier molecular flexibility index (Phi) is 7.60. The van der Waals surface area contributed by atoms with Crippen LogP contribution in [-0.4, -0.2) is 46.4 Å². The first-order chi connectivity index (χ1) is 10.5. The number of rotatable bonds is 7. The van der Waals surface area contributed by atoms with Crippen LogP contribution in [0.5, 0.6) is 11.5 Å². The number of halogens is 1. The van der Waals surface area contributed by atoms with Gasteiger partial charge in [0, 0.05) is 19.0 Å². The highest BCUT2D eigenvalue weighted by molar-refractivity contribution is 7.91. The number of benzene rings is 1. The molecule has 0 spiro atoms. The number of ether oxygens (including phenoxy) is 2. The van der Waals surface area contributed by atoms with Crippen molar-refractivity contribution in [3.8, 4) is 11.5 Å². The van der Waals surface area contributed by atoms with Crippen LogP contribution in [0.15, 0.2) is 23.1 Å². The molecule has 1 aromatic rings. The number of nitrogens with one attached hydrogen (secondary N) is 1. The van der Waals surface area contributed by atoms with E-state index in [2.05, 4.69) is 5.32 Å². The molecule has 0 saturated heterocycles. The van der Waals surface area contributed by atoms with Crippen molar-refractivity contribution in [2.24, 2.45) is 5.73 Å². The number of amides is 1. The molecule has 0 saturated carbocycles. The van der Waals surface area contributed by atoms with Crippen LogP contribution in [0.2, 0.25) is 0 Å². The average Bonchev–Trinajstić information content (AvgIpc) is 2.53. The van der Waals surface area contributed by atoms with E-state index >= 15 is 0 Å². The zero-order chi connectivity index (χ0) is 16.0. The lowest BCUT2D eigenvalue weighted by Gasteiger charge is -2.18. The Bertz CT molecular complexity index is 636. The molecule has 130 valence electrons. The van der Waals surface area contributed by atoms with E-state index < -0.39 is 9.84 Å². The zero-order valence-electron chi connectivity index (χ0n) is 12.6.